The van der Waals surface area contributed by atoms with Gasteiger partial charge in [-0.2, -0.15) is 5.10 Å². The molecule has 1 aromatic rings. The zero-order valence-corrected chi connectivity index (χ0v) is 6.30. The highest BCUT2D eigenvalue weighted by molar-refractivity contribution is 7.80. The van der Waals surface area contributed by atoms with Gasteiger partial charge in [0, 0.05) is 7.05 Å². The average molecular weight is 157 g/mol. The summed E-state index contributed by atoms with van der Waals surface area (Å²) in [6, 6.07) is 0. The molecule has 10 heavy (non-hydrogen) atoms. The van der Waals surface area contributed by atoms with Crippen molar-refractivity contribution in [2.45, 2.75) is 4.90 Å². The second-order valence-corrected chi connectivity index (χ2v) is 2.35. The van der Waals surface area contributed by atoms with Gasteiger partial charge in [0.2, 0.25) is 0 Å². The molecule has 54 valence electrons. The van der Waals surface area contributed by atoms with Crippen molar-refractivity contribution in [3.8, 4) is 0 Å². The first-order valence-corrected chi connectivity index (χ1v) is 3.08. The van der Waals surface area contributed by atoms with Crippen LogP contribution in [0.5, 0.6) is 0 Å². The van der Waals surface area contributed by atoms with Gasteiger partial charge in [0.15, 0.2) is 0 Å². The molecule has 0 aliphatic carbocycles. The molecule has 0 bridgehead atoms. The minimum Gasteiger partial charge on any atom is -0.364 e. The Hall–Kier alpha value is -0.970. The van der Waals surface area contributed by atoms with E-state index in [0.29, 0.717) is 10.6 Å². The van der Waals surface area contributed by atoms with Crippen molar-refractivity contribution in [2.24, 2.45) is 12.8 Å². The molecular formula is C5H7N3OS. The van der Waals surface area contributed by atoms with E-state index in [2.05, 4.69) is 17.7 Å². The Balaban J connectivity index is 3.23. The van der Waals surface area contributed by atoms with Crippen LogP contribution >= 0.6 is 12.6 Å². The van der Waals surface area contributed by atoms with E-state index in [1.54, 1.807) is 7.05 Å². The van der Waals surface area contributed by atoms with Gasteiger partial charge in [-0.3, -0.25) is 9.48 Å². The zero-order valence-electron chi connectivity index (χ0n) is 5.40. The van der Waals surface area contributed by atoms with Crippen molar-refractivity contribution < 1.29 is 4.79 Å². The molecule has 1 rings (SSSR count). The van der Waals surface area contributed by atoms with Crippen LogP contribution < -0.4 is 5.73 Å². The predicted molar refractivity (Wildman–Crippen MR) is 39.0 cm³/mol. The van der Waals surface area contributed by atoms with Crippen LogP contribution in [0.2, 0.25) is 0 Å². The van der Waals surface area contributed by atoms with E-state index in [-0.39, 0.29) is 0 Å². The van der Waals surface area contributed by atoms with Crippen molar-refractivity contribution in [1.29, 1.82) is 0 Å². The fraction of sp³-hybridized carbons (Fsp3) is 0.200. The normalized spacial score (nSPS) is 9.80. The fourth-order valence-electron chi connectivity index (χ4n) is 0.712. The summed E-state index contributed by atoms with van der Waals surface area (Å²) in [6.07, 6.45) is 1.48. The number of nitrogens with zero attached hydrogens (tertiary/aromatic N) is 2. The minimum atomic E-state index is -0.509. The molecule has 0 aliphatic rings. The highest BCUT2D eigenvalue weighted by Gasteiger charge is 2.09. The maximum absolute atomic E-state index is 10.6. The van der Waals surface area contributed by atoms with Crippen LogP contribution in [0.1, 0.15) is 10.5 Å². The molecular weight excluding hydrogens is 150 g/mol. The van der Waals surface area contributed by atoms with Gasteiger partial charge < -0.3 is 5.73 Å². The standard InChI is InChI=1S/C5H7N3OS/c1-8-4(5(6)9)3(10)2-7-8/h2,10H,1H3,(H2,6,9). The molecule has 0 saturated heterocycles. The molecule has 0 fully saturated rings. The molecule has 0 atom stereocenters. The van der Waals surface area contributed by atoms with Crippen LogP contribution in [0.25, 0.3) is 0 Å². The summed E-state index contributed by atoms with van der Waals surface area (Å²) in [6.45, 7) is 0. The van der Waals surface area contributed by atoms with E-state index in [4.69, 9.17) is 5.73 Å². The van der Waals surface area contributed by atoms with Crippen molar-refractivity contribution in [3.63, 3.8) is 0 Å². The Bertz CT molecular complexity index is 248. The third-order valence-corrected chi connectivity index (χ3v) is 1.48. The number of hydrogen-bond acceptors (Lipinski definition) is 3. The van der Waals surface area contributed by atoms with Gasteiger partial charge in [-0.1, -0.05) is 0 Å². The Morgan fingerprint density at radius 1 is 1.90 bits per heavy atom. The molecule has 2 N–H and O–H groups in total. The van der Waals surface area contributed by atoms with Crippen LogP contribution in [-0.2, 0) is 7.05 Å². The van der Waals surface area contributed by atoms with Crippen molar-refractivity contribution >= 4 is 18.5 Å². The summed E-state index contributed by atoms with van der Waals surface area (Å²) >= 11 is 3.97. The number of carbonyl (C=O) groups is 1. The first-order valence-electron chi connectivity index (χ1n) is 2.63. The molecule has 1 aromatic heterocycles. The second-order valence-electron chi connectivity index (χ2n) is 1.87. The second kappa shape index (κ2) is 2.34. The lowest BCUT2D eigenvalue weighted by Gasteiger charge is -1.94. The summed E-state index contributed by atoms with van der Waals surface area (Å²) in [5.74, 6) is -0.509. The van der Waals surface area contributed by atoms with Gasteiger partial charge in [-0.25, -0.2) is 0 Å². The molecule has 5 heteroatoms. The smallest absolute Gasteiger partial charge is 0.268 e. The molecule has 0 radical (unpaired) electrons. The molecule has 0 saturated carbocycles. The molecule has 0 aromatic carbocycles. The fourth-order valence-corrected chi connectivity index (χ4v) is 1.02. The van der Waals surface area contributed by atoms with E-state index in [9.17, 15) is 4.79 Å². The van der Waals surface area contributed by atoms with E-state index in [1.165, 1.54) is 10.9 Å². The number of thiol groups is 1. The zero-order chi connectivity index (χ0) is 7.72. The van der Waals surface area contributed by atoms with Gasteiger partial charge in [0.25, 0.3) is 5.91 Å². The first-order chi connectivity index (χ1) is 4.63. The largest absolute Gasteiger partial charge is 0.364 e. The molecule has 0 unspecified atom stereocenters. The van der Waals surface area contributed by atoms with E-state index < -0.39 is 5.91 Å². The molecule has 1 amide bonds. The van der Waals surface area contributed by atoms with E-state index in [1.807, 2.05) is 0 Å². The number of rotatable bonds is 1. The van der Waals surface area contributed by atoms with Crippen LogP contribution in [0.4, 0.5) is 0 Å². The summed E-state index contributed by atoms with van der Waals surface area (Å²) in [5.41, 5.74) is 5.35. The lowest BCUT2D eigenvalue weighted by molar-refractivity contribution is 0.0988. The molecule has 0 aliphatic heterocycles. The summed E-state index contributed by atoms with van der Waals surface area (Å²) < 4.78 is 1.39. The highest BCUT2D eigenvalue weighted by Crippen LogP contribution is 2.09. The number of aryl methyl sites for hydroxylation is 1. The minimum absolute atomic E-state index is 0.336. The van der Waals surface area contributed by atoms with Crippen molar-refractivity contribution in [2.75, 3.05) is 0 Å². The summed E-state index contributed by atoms with van der Waals surface area (Å²) in [4.78, 5) is 11.1. The Morgan fingerprint density at radius 2 is 2.50 bits per heavy atom. The number of nitrogens with two attached hydrogens (primary N) is 1. The Morgan fingerprint density at radius 3 is 2.70 bits per heavy atom. The van der Waals surface area contributed by atoms with Gasteiger partial charge in [0.1, 0.15) is 5.69 Å². The summed E-state index contributed by atoms with van der Waals surface area (Å²) in [7, 11) is 1.64. The highest BCUT2D eigenvalue weighted by atomic mass is 32.1. The number of carbonyl (C=O) groups excluding carboxylic acids is 1. The number of primary amides is 1. The lowest BCUT2D eigenvalue weighted by atomic mass is 10.4. The quantitative estimate of drug-likeness (QED) is 0.555. The van der Waals surface area contributed by atoms with Crippen LogP contribution in [0, 0.1) is 0 Å². The third-order valence-electron chi connectivity index (χ3n) is 1.15. The lowest BCUT2D eigenvalue weighted by Crippen LogP contribution is -2.16. The number of aromatic nitrogens is 2. The first kappa shape index (κ1) is 7.14. The summed E-state index contributed by atoms with van der Waals surface area (Å²) in [5, 5.41) is 3.78. The maximum atomic E-state index is 10.6. The van der Waals surface area contributed by atoms with Crippen molar-refractivity contribution in [1.82, 2.24) is 9.78 Å². The van der Waals surface area contributed by atoms with E-state index in [0.717, 1.165) is 0 Å². The SMILES string of the molecule is Cn1ncc(S)c1C(N)=O. The predicted octanol–water partition coefficient (Wildman–Crippen LogP) is -0.192. The number of hydrogen-bond donors (Lipinski definition) is 2. The molecule has 4 nitrogen and oxygen atoms in total. The monoisotopic (exact) mass is 157 g/mol. The third kappa shape index (κ3) is 0.995. The average Bonchev–Trinajstić information content (AvgIpc) is 2.11. The topological polar surface area (TPSA) is 60.9 Å². The van der Waals surface area contributed by atoms with Gasteiger partial charge in [-0.05, 0) is 0 Å². The Labute approximate surface area is 63.4 Å². The van der Waals surface area contributed by atoms with Gasteiger partial charge in [0.05, 0.1) is 11.1 Å². The molecule has 0 spiro atoms. The maximum Gasteiger partial charge on any atom is 0.268 e. The van der Waals surface area contributed by atoms with Gasteiger partial charge in [-0.15, -0.1) is 12.6 Å². The van der Waals surface area contributed by atoms with Crippen LogP contribution in [-0.4, -0.2) is 15.7 Å². The number of amides is 1. The van der Waals surface area contributed by atoms with E-state index >= 15 is 0 Å². The van der Waals surface area contributed by atoms with Gasteiger partial charge >= 0.3 is 0 Å². The van der Waals surface area contributed by atoms with Crippen LogP contribution in [0.3, 0.4) is 0 Å². The van der Waals surface area contributed by atoms with Crippen molar-refractivity contribution in [3.05, 3.63) is 11.9 Å². The van der Waals surface area contributed by atoms with Crippen LogP contribution in [0.15, 0.2) is 11.1 Å². The Kier molecular flexibility index (Phi) is 1.67. The molecule has 1 heterocycles.